The van der Waals surface area contributed by atoms with Crippen molar-refractivity contribution in [2.45, 2.75) is 13.0 Å². The maximum Gasteiger partial charge on any atom is 0.247 e. The molecule has 1 saturated heterocycles. The first-order valence-electron chi connectivity index (χ1n) is 9.92. The van der Waals surface area contributed by atoms with E-state index in [1.807, 2.05) is 30.3 Å². The van der Waals surface area contributed by atoms with Gasteiger partial charge >= 0.3 is 0 Å². The standard InChI is InChI=1S/C22H25FN4O2/c1-17(21-24-25-22(29-21)18-7-9-19(23)10-8-18)27-13-11-26(12-14-27)15-16-28-20-5-3-2-4-6-20/h2-10,17H,11-16H2,1H3/t17-/m1/s1. The summed E-state index contributed by atoms with van der Waals surface area (Å²) in [7, 11) is 0. The summed E-state index contributed by atoms with van der Waals surface area (Å²) in [6, 6.07) is 16.0. The van der Waals surface area contributed by atoms with Gasteiger partial charge in [-0.25, -0.2) is 4.39 Å². The van der Waals surface area contributed by atoms with Gasteiger partial charge < -0.3 is 9.15 Å². The molecule has 152 valence electrons. The minimum absolute atomic E-state index is 0.0411. The highest BCUT2D eigenvalue weighted by molar-refractivity contribution is 5.51. The van der Waals surface area contributed by atoms with Crippen LogP contribution in [0.2, 0.25) is 0 Å². The Morgan fingerprint density at radius 3 is 2.45 bits per heavy atom. The van der Waals surface area contributed by atoms with Crippen LogP contribution in [-0.4, -0.2) is 59.3 Å². The monoisotopic (exact) mass is 396 g/mol. The Morgan fingerprint density at radius 2 is 1.72 bits per heavy atom. The van der Waals surface area contributed by atoms with Gasteiger partial charge in [0.1, 0.15) is 18.2 Å². The SMILES string of the molecule is C[C@H](c1nnc(-c2ccc(F)cc2)o1)N1CCN(CCOc2ccccc2)CC1. The van der Waals surface area contributed by atoms with Crippen LogP contribution in [0.1, 0.15) is 18.9 Å². The summed E-state index contributed by atoms with van der Waals surface area (Å²) in [5.74, 6) is 1.63. The van der Waals surface area contributed by atoms with E-state index in [0.29, 0.717) is 18.4 Å². The molecule has 7 heteroatoms. The van der Waals surface area contributed by atoms with E-state index in [4.69, 9.17) is 9.15 Å². The van der Waals surface area contributed by atoms with Crippen LogP contribution in [0.4, 0.5) is 4.39 Å². The van der Waals surface area contributed by atoms with Gasteiger partial charge in [-0.15, -0.1) is 10.2 Å². The number of para-hydroxylation sites is 1. The number of aromatic nitrogens is 2. The summed E-state index contributed by atoms with van der Waals surface area (Å²) in [5, 5.41) is 8.33. The third kappa shape index (κ3) is 4.99. The van der Waals surface area contributed by atoms with Gasteiger partial charge in [-0.1, -0.05) is 18.2 Å². The smallest absolute Gasteiger partial charge is 0.247 e. The van der Waals surface area contributed by atoms with Gasteiger partial charge in [-0.05, 0) is 43.3 Å². The first-order chi connectivity index (χ1) is 14.2. The van der Waals surface area contributed by atoms with Gasteiger partial charge in [0.15, 0.2) is 0 Å². The maximum absolute atomic E-state index is 13.1. The number of nitrogens with zero attached hydrogens (tertiary/aromatic N) is 4. The highest BCUT2D eigenvalue weighted by Gasteiger charge is 2.25. The largest absolute Gasteiger partial charge is 0.492 e. The van der Waals surface area contributed by atoms with E-state index in [0.717, 1.165) is 44.0 Å². The Kier molecular flexibility index (Phi) is 6.17. The second kappa shape index (κ2) is 9.15. The molecule has 0 amide bonds. The van der Waals surface area contributed by atoms with E-state index in [2.05, 4.69) is 26.9 Å². The molecule has 4 rings (SSSR count). The molecule has 0 aliphatic carbocycles. The van der Waals surface area contributed by atoms with Crippen molar-refractivity contribution in [1.82, 2.24) is 20.0 Å². The maximum atomic E-state index is 13.1. The van der Waals surface area contributed by atoms with Gasteiger partial charge in [0.25, 0.3) is 0 Å². The molecule has 0 bridgehead atoms. The van der Waals surface area contributed by atoms with Crippen LogP contribution in [0.15, 0.2) is 59.0 Å². The summed E-state index contributed by atoms with van der Waals surface area (Å²) in [5.41, 5.74) is 0.723. The summed E-state index contributed by atoms with van der Waals surface area (Å²) >= 11 is 0. The molecule has 1 atom stereocenters. The van der Waals surface area contributed by atoms with Crippen LogP contribution >= 0.6 is 0 Å². The average molecular weight is 396 g/mol. The molecular weight excluding hydrogens is 371 g/mol. The molecule has 6 nitrogen and oxygen atoms in total. The molecule has 1 aliphatic rings. The van der Waals surface area contributed by atoms with E-state index in [-0.39, 0.29) is 11.9 Å². The normalized spacial score (nSPS) is 16.6. The molecule has 0 unspecified atom stereocenters. The van der Waals surface area contributed by atoms with E-state index < -0.39 is 0 Å². The summed E-state index contributed by atoms with van der Waals surface area (Å²) in [6.45, 7) is 7.48. The third-order valence-corrected chi connectivity index (χ3v) is 5.26. The van der Waals surface area contributed by atoms with Crippen molar-refractivity contribution in [2.75, 3.05) is 39.3 Å². The topological polar surface area (TPSA) is 54.6 Å². The minimum Gasteiger partial charge on any atom is -0.492 e. The van der Waals surface area contributed by atoms with Crippen molar-refractivity contribution in [2.24, 2.45) is 0 Å². The fourth-order valence-corrected chi connectivity index (χ4v) is 3.45. The number of benzene rings is 2. The van der Waals surface area contributed by atoms with Gasteiger partial charge in [0.05, 0.1) is 6.04 Å². The molecule has 2 heterocycles. The van der Waals surface area contributed by atoms with E-state index in [1.54, 1.807) is 12.1 Å². The molecule has 29 heavy (non-hydrogen) atoms. The molecule has 0 saturated carbocycles. The summed E-state index contributed by atoms with van der Waals surface area (Å²) < 4.78 is 24.7. The van der Waals surface area contributed by atoms with Crippen LogP contribution in [0.3, 0.4) is 0 Å². The zero-order valence-electron chi connectivity index (χ0n) is 16.5. The van der Waals surface area contributed by atoms with Crippen LogP contribution in [-0.2, 0) is 0 Å². The molecule has 0 radical (unpaired) electrons. The Balaban J connectivity index is 1.26. The van der Waals surface area contributed by atoms with Crippen molar-refractivity contribution < 1.29 is 13.5 Å². The lowest BCUT2D eigenvalue weighted by molar-refractivity contribution is 0.0827. The Labute approximate surface area is 169 Å². The van der Waals surface area contributed by atoms with Crippen LogP contribution in [0.5, 0.6) is 5.75 Å². The lowest BCUT2D eigenvalue weighted by atomic mass is 10.2. The second-order valence-electron chi connectivity index (χ2n) is 7.17. The average Bonchev–Trinajstić information content (AvgIpc) is 3.25. The minimum atomic E-state index is -0.283. The summed E-state index contributed by atoms with van der Waals surface area (Å²) in [4.78, 5) is 4.75. The fraction of sp³-hybridized carbons (Fsp3) is 0.364. The Hall–Kier alpha value is -2.77. The lowest BCUT2D eigenvalue weighted by Crippen LogP contribution is -2.48. The van der Waals surface area contributed by atoms with Gasteiger partial charge in [-0.3, -0.25) is 9.80 Å². The molecule has 0 spiro atoms. The molecule has 1 aromatic heterocycles. The number of halogens is 1. The van der Waals surface area contributed by atoms with Gasteiger partial charge in [-0.2, -0.15) is 0 Å². The molecule has 2 aromatic carbocycles. The molecule has 1 aliphatic heterocycles. The highest BCUT2D eigenvalue weighted by Crippen LogP contribution is 2.25. The first-order valence-corrected chi connectivity index (χ1v) is 9.92. The zero-order chi connectivity index (χ0) is 20.1. The van der Waals surface area contributed by atoms with Gasteiger partial charge in [0.2, 0.25) is 11.8 Å². The quantitative estimate of drug-likeness (QED) is 0.608. The zero-order valence-corrected chi connectivity index (χ0v) is 16.5. The van der Waals surface area contributed by atoms with Crippen molar-refractivity contribution in [3.63, 3.8) is 0 Å². The molecule has 3 aromatic rings. The predicted molar refractivity (Wildman–Crippen MR) is 108 cm³/mol. The van der Waals surface area contributed by atoms with Crippen molar-refractivity contribution in [3.05, 3.63) is 66.3 Å². The molecule has 0 N–H and O–H groups in total. The second-order valence-corrected chi connectivity index (χ2v) is 7.17. The highest BCUT2D eigenvalue weighted by atomic mass is 19.1. The van der Waals surface area contributed by atoms with Gasteiger partial charge in [0, 0.05) is 38.3 Å². The number of hydrogen-bond acceptors (Lipinski definition) is 6. The molecular formula is C22H25FN4O2. The number of hydrogen-bond donors (Lipinski definition) is 0. The third-order valence-electron chi connectivity index (χ3n) is 5.26. The van der Waals surface area contributed by atoms with Crippen molar-refractivity contribution in [1.29, 1.82) is 0 Å². The Morgan fingerprint density at radius 1 is 1.00 bits per heavy atom. The number of rotatable bonds is 7. The van der Waals surface area contributed by atoms with Crippen molar-refractivity contribution in [3.8, 4) is 17.2 Å². The fourth-order valence-electron chi connectivity index (χ4n) is 3.45. The van der Waals surface area contributed by atoms with Crippen LogP contribution < -0.4 is 4.74 Å². The van der Waals surface area contributed by atoms with E-state index in [1.165, 1.54) is 12.1 Å². The van der Waals surface area contributed by atoms with E-state index >= 15 is 0 Å². The van der Waals surface area contributed by atoms with Crippen LogP contribution in [0, 0.1) is 5.82 Å². The predicted octanol–water partition coefficient (Wildman–Crippen LogP) is 3.63. The van der Waals surface area contributed by atoms with Crippen molar-refractivity contribution >= 4 is 0 Å². The summed E-state index contributed by atoms with van der Waals surface area (Å²) in [6.07, 6.45) is 0. The number of ether oxygens (including phenoxy) is 1. The van der Waals surface area contributed by atoms with Crippen LogP contribution in [0.25, 0.3) is 11.5 Å². The lowest BCUT2D eigenvalue weighted by Gasteiger charge is -2.36. The first kappa shape index (κ1) is 19.5. The Bertz CT molecular complexity index is 893. The molecule has 1 fully saturated rings. The van der Waals surface area contributed by atoms with E-state index in [9.17, 15) is 4.39 Å². The number of piperazine rings is 1.